The standard InChI is InChI=1S/C27H34N8O/c1-5-7-21-16-19-17-29-26(30-20-10-11-23(28-18-20)34-14-12-33(4)13-15-34)32-25(19)35(21)24-9-6-8-22(31-24)27(2,3)36/h6,8-11,16-18,36H,5,7,12-15H2,1-4H3,(H,29,30,32). The molecule has 0 bridgehead atoms. The number of nitrogens with zero attached hydrogens (tertiary/aromatic N) is 7. The molecule has 0 saturated carbocycles. The van der Waals surface area contributed by atoms with Crippen LogP contribution in [-0.2, 0) is 12.0 Å². The van der Waals surface area contributed by atoms with E-state index in [2.05, 4.69) is 49.7 Å². The van der Waals surface area contributed by atoms with Crippen LogP contribution in [0.3, 0.4) is 0 Å². The maximum absolute atomic E-state index is 10.5. The predicted molar refractivity (Wildman–Crippen MR) is 143 cm³/mol. The molecule has 5 rings (SSSR count). The molecule has 1 saturated heterocycles. The van der Waals surface area contributed by atoms with Crippen molar-refractivity contribution >= 4 is 28.5 Å². The monoisotopic (exact) mass is 486 g/mol. The third-order valence-electron chi connectivity index (χ3n) is 6.54. The van der Waals surface area contributed by atoms with E-state index >= 15 is 0 Å². The molecular weight excluding hydrogens is 452 g/mol. The van der Waals surface area contributed by atoms with Crippen LogP contribution in [0.2, 0.25) is 0 Å². The van der Waals surface area contributed by atoms with E-state index in [0.29, 0.717) is 11.6 Å². The van der Waals surface area contributed by atoms with Gasteiger partial charge in [-0.1, -0.05) is 19.4 Å². The topological polar surface area (TPSA) is 95.2 Å². The molecule has 36 heavy (non-hydrogen) atoms. The first kappa shape index (κ1) is 24.1. The minimum atomic E-state index is -1.03. The molecule has 0 atom stereocenters. The molecule has 0 amide bonds. The van der Waals surface area contributed by atoms with Crippen molar-refractivity contribution in [2.75, 3.05) is 43.4 Å². The van der Waals surface area contributed by atoms with Crippen LogP contribution in [0.5, 0.6) is 0 Å². The Morgan fingerprint density at radius 2 is 1.78 bits per heavy atom. The Morgan fingerprint density at radius 1 is 0.972 bits per heavy atom. The molecule has 9 heteroatoms. The van der Waals surface area contributed by atoms with Crippen LogP contribution in [-0.4, -0.2) is 67.7 Å². The van der Waals surface area contributed by atoms with Crippen LogP contribution in [0.4, 0.5) is 17.5 Å². The van der Waals surface area contributed by atoms with Crippen molar-refractivity contribution in [1.82, 2.24) is 29.4 Å². The van der Waals surface area contributed by atoms with Gasteiger partial charge in [-0.25, -0.2) is 15.0 Å². The van der Waals surface area contributed by atoms with Gasteiger partial charge in [0.05, 0.1) is 17.6 Å². The Hall–Kier alpha value is -3.56. The summed E-state index contributed by atoms with van der Waals surface area (Å²) >= 11 is 0. The molecular formula is C27H34N8O. The van der Waals surface area contributed by atoms with Crippen molar-refractivity contribution in [3.05, 3.63) is 60.2 Å². The number of aromatic nitrogens is 5. The maximum Gasteiger partial charge on any atom is 0.229 e. The van der Waals surface area contributed by atoms with Gasteiger partial charge in [-0.15, -0.1) is 0 Å². The number of nitrogens with one attached hydrogen (secondary N) is 1. The molecule has 0 aliphatic carbocycles. The first-order valence-corrected chi connectivity index (χ1v) is 12.6. The summed E-state index contributed by atoms with van der Waals surface area (Å²) < 4.78 is 2.07. The molecule has 4 aromatic rings. The van der Waals surface area contributed by atoms with Crippen molar-refractivity contribution in [1.29, 1.82) is 0 Å². The Bertz CT molecular complexity index is 1330. The minimum absolute atomic E-state index is 0.498. The number of hydrogen-bond acceptors (Lipinski definition) is 8. The molecule has 0 aromatic carbocycles. The van der Waals surface area contributed by atoms with E-state index in [-0.39, 0.29) is 0 Å². The number of aryl methyl sites for hydroxylation is 1. The Morgan fingerprint density at radius 3 is 2.47 bits per heavy atom. The first-order chi connectivity index (χ1) is 17.3. The van der Waals surface area contributed by atoms with Crippen LogP contribution in [0.1, 0.15) is 38.6 Å². The number of piperazine rings is 1. The van der Waals surface area contributed by atoms with Gasteiger partial charge in [-0.3, -0.25) is 4.57 Å². The minimum Gasteiger partial charge on any atom is -0.384 e. The summed E-state index contributed by atoms with van der Waals surface area (Å²) in [6, 6.07) is 11.9. The van der Waals surface area contributed by atoms with Crippen LogP contribution < -0.4 is 10.2 Å². The van der Waals surface area contributed by atoms with Gasteiger partial charge in [0.2, 0.25) is 5.95 Å². The molecule has 4 aromatic heterocycles. The summed E-state index contributed by atoms with van der Waals surface area (Å²) in [5.41, 5.74) is 2.30. The summed E-state index contributed by atoms with van der Waals surface area (Å²) in [6.45, 7) is 9.69. The van der Waals surface area contributed by atoms with E-state index < -0.39 is 5.60 Å². The van der Waals surface area contributed by atoms with E-state index in [4.69, 9.17) is 9.97 Å². The number of rotatable bonds is 7. The maximum atomic E-state index is 10.5. The second kappa shape index (κ2) is 9.83. The highest BCUT2D eigenvalue weighted by molar-refractivity contribution is 5.80. The lowest BCUT2D eigenvalue weighted by molar-refractivity contribution is 0.0738. The number of fused-ring (bicyclic) bond motifs is 1. The third kappa shape index (κ3) is 5.03. The lowest BCUT2D eigenvalue weighted by Crippen LogP contribution is -2.44. The zero-order chi connectivity index (χ0) is 25.3. The van der Waals surface area contributed by atoms with Gasteiger partial charge in [-0.05, 0) is 57.6 Å². The summed E-state index contributed by atoms with van der Waals surface area (Å²) in [5.74, 6) is 2.22. The molecule has 1 aliphatic heterocycles. The van der Waals surface area contributed by atoms with Crippen molar-refractivity contribution in [2.24, 2.45) is 0 Å². The number of hydrogen-bond donors (Lipinski definition) is 2. The Balaban J connectivity index is 1.45. The lowest BCUT2D eigenvalue weighted by atomic mass is 10.1. The number of aliphatic hydroxyl groups is 1. The number of anilines is 3. The largest absolute Gasteiger partial charge is 0.384 e. The van der Waals surface area contributed by atoms with E-state index in [0.717, 1.165) is 73.1 Å². The molecule has 5 heterocycles. The average molecular weight is 487 g/mol. The Labute approximate surface area is 211 Å². The van der Waals surface area contributed by atoms with E-state index in [1.807, 2.05) is 42.7 Å². The summed E-state index contributed by atoms with van der Waals surface area (Å²) in [5, 5.41) is 14.8. The number of pyridine rings is 2. The smallest absolute Gasteiger partial charge is 0.229 e. The third-order valence-corrected chi connectivity index (χ3v) is 6.54. The number of likely N-dealkylation sites (N-methyl/N-ethyl adjacent to an activating group) is 1. The Kier molecular flexibility index (Phi) is 6.59. The second-order valence-electron chi connectivity index (χ2n) is 9.95. The molecule has 9 nitrogen and oxygen atoms in total. The van der Waals surface area contributed by atoms with Crippen LogP contribution >= 0.6 is 0 Å². The quantitative estimate of drug-likeness (QED) is 0.406. The van der Waals surface area contributed by atoms with Crippen molar-refractivity contribution in [2.45, 2.75) is 39.2 Å². The highest BCUT2D eigenvalue weighted by Gasteiger charge is 2.20. The van der Waals surface area contributed by atoms with Crippen LogP contribution in [0.15, 0.2) is 48.8 Å². The fourth-order valence-electron chi connectivity index (χ4n) is 4.50. The molecule has 2 N–H and O–H groups in total. The van der Waals surface area contributed by atoms with Crippen molar-refractivity contribution < 1.29 is 5.11 Å². The predicted octanol–water partition coefficient (Wildman–Crippen LogP) is 3.89. The second-order valence-corrected chi connectivity index (χ2v) is 9.95. The van der Waals surface area contributed by atoms with Gasteiger partial charge < -0.3 is 20.2 Å². The van der Waals surface area contributed by atoms with Gasteiger partial charge in [0.15, 0.2) is 5.65 Å². The van der Waals surface area contributed by atoms with E-state index in [1.165, 1.54) is 0 Å². The van der Waals surface area contributed by atoms with Gasteiger partial charge in [0, 0.05) is 43.5 Å². The van der Waals surface area contributed by atoms with Crippen LogP contribution in [0.25, 0.3) is 16.9 Å². The average Bonchev–Trinajstić information content (AvgIpc) is 3.22. The fourth-order valence-corrected chi connectivity index (χ4v) is 4.50. The highest BCUT2D eigenvalue weighted by atomic mass is 16.3. The molecule has 0 unspecified atom stereocenters. The molecule has 1 aliphatic rings. The zero-order valence-electron chi connectivity index (χ0n) is 21.4. The molecule has 188 valence electrons. The highest BCUT2D eigenvalue weighted by Crippen LogP contribution is 2.26. The molecule has 0 spiro atoms. The molecule has 0 radical (unpaired) electrons. The van der Waals surface area contributed by atoms with Gasteiger partial charge >= 0.3 is 0 Å². The summed E-state index contributed by atoms with van der Waals surface area (Å²) in [6.07, 6.45) is 5.54. The van der Waals surface area contributed by atoms with Gasteiger partial charge in [-0.2, -0.15) is 4.98 Å². The molecule has 1 fully saturated rings. The van der Waals surface area contributed by atoms with Crippen molar-refractivity contribution in [3.63, 3.8) is 0 Å². The van der Waals surface area contributed by atoms with Gasteiger partial charge in [0.1, 0.15) is 17.2 Å². The fraction of sp³-hybridized carbons (Fsp3) is 0.407. The van der Waals surface area contributed by atoms with E-state index in [9.17, 15) is 5.11 Å². The SMILES string of the molecule is CCCc1cc2cnc(Nc3ccc(N4CCN(C)CC4)nc3)nc2n1-c1cccc(C(C)(C)O)n1. The summed E-state index contributed by atoms with van der Waals surface area (Å²) in [7, 11) is 2.15. The normalized spacial score (nSPS) is 15.0. The van der Waals surface area contributed by atoms with Crippen LogP contribution in [0, 0.1) is 0 Å². The first-order valence-electron chi connectivity index (χ1n) is 12.6. The summed E-state index contributed by atoms with van der Waals surface area (Å²) in [4.78, 5) is 23.5. The van der Waals surface area contributed by atoms with Gasteiger partial charge in [0.25, 0.3) is 0 Å². The van der Waals surface area contributed by atoms with Crippen molar-refractivity contribution in [3.8, 4) is 5.82 Å². The lowest BCUT2D eigenvalue weighted by Gasteiger charge is -2.33. The zero-order valence-corrected chi connectivity index (χ0v) is 21.4. The van der Waals surface area contributed by atoms with E-state index in [1.54, 1.807) is 13.8 Å².